The van der Waals surface area contributed by atoms with E-state index in [1.54, 1.807) is 18.3 Å². The molecule has 3 rings (SSSR count). The minimum Gasteiger partial charge on any atom is -0.360 e. The van der Waals surface area contributed by atoms with Gasteiger partial charge in [-0.05, 0) is 30.2 Å². The van der Waals surface area contributed by atoms with Crippen molar-refractivity contribution in [1.29, 1.82) is 0 Å². The van der Waals surface area contributed by atoms with Gasteiger partial charge in [-0.1, -0.05) is 30.3 Å². The normalized spacial score (nSPS) is 10.7. The van der Waals surface area contributed by atoms with Crippen LogP contribution in [0.15, 0.2) is 54.7 Å². The van der Waals surface area contributed by atoms with Gasteiger partial charge in [0.05, 0.1) is 5.56 Å². The topological polar surface area (TPSA) is 44.9 Å². The van der Waals surface area contributed by atoms with Gasteiger partial charge in [-0.2, -0.15) is 0 Å². The second-order valence-electron chi connectivity index (χ2n) is 4.88. The predicted octanol–water partition coefficient (Wildman–Crippen LogP) is 3.28. The summed E-state index contributed by atoms with van der Waals surface area (Å²) in [5.41, 5.74) is 2.58. The highest BCUT2D eigenvalue weighted by atomic mass is 19.1. The molecule has 0 aliphatic rings. The van der Waals surface area contributed by atoms with Gasteiger partial charge in [0.2, 0.25) is 0 Å². The van der Waals surface area contributed by atoms with Crippen molar-refractivity contribution < 1.29 is 9.18 Å². The van der Waals surface area contributed by atoms with Crippen LogP contribution in [0.5, 0.6) is 0 Å². The first-order chi connectivity index (χ1) is 10.2. The molecule has 0 saturated heterocycles. The molecule has 0 fully saturated rings. The van der Waals surface area contributed by atoms with Crippen molar-refractivity contribution in [3.63, 3.8) is 0 Å². The largest absolute Gasteiger partial charge is 0.360 e. The second kappa shape index (κ2) is 5.79. The van der Waals surface area contributed by atoms with Crippen molar-refractivity contribution in [3.8, 4) is 0 Å². The third-order valence-corrected chi connectivity index (χ3v) is 3.45. The van der Waals surface area contributed by atoms with Gasteiger partial charge < -0.3 is 10.3 Å². The molecule has 0 unspecified atom stereocenters. The van der Waals surface area contributed by atoms with Crippen molar-refractivity contribution in [2.24, 2.45) is 0 Å². The molecule has 2 N–H and O–H groups in total. The number of hydrogen-bond acceptors (Lipinski definition) is 1. The third-order valence-electron chi connectivity index (χ3n) is 3.45. The fraction of sp³-hybridized carbons (Fsp3) is 0.118. The minimum atomic E-state index is -0.249. The van der Waals surface area contributed by atoms with E-state index >= 15 is 0 Å². The van der Waals surface area contributed by atoms with Crippen LogP contribution in [0.4, 0.5) is 4.39 Å². The van der Waals surface area contributed by atoms with Gasteiger partial charge in [-0.25, -0.2) is 4.39 Å². The van der Waals surface area contributed by atoms with Crippen LogP contribution in [0.1, 0.15) is 15.9 Å². The number of para-hydroxylation sites is 1. The Morgan fingerprint density at radius 3 is 2.67 bits per heavy atom. The fourth-order valence-corrected chi connectivity index (χ4v) is 2.33. The van der Waals surface area contributed by atoms with E-state index in [9.17, 15) is 9.18 Å². The zero-order chi connectivity index (χ0) is 14.7. The molecule has 0 spiro atoms. The van der Waals surface area contributed by atoms with Crippen molar-refractivity contribution in [3.05, 3.63) is 71.7 Å². The molecule has 106 valence electrons. The van der Waals surface area contributed by atoms with E-state index in [4.69, 9.17) is 0 Å². The summed E-state index contributed by atoms with van der Waals surface area (Å²) in [5.74, 6) is -0.351. The number of carbonyl (C=O) groups is 1. The van der Waals surface area contributed by atoms with Crippen LogP contribution in [0.2, 0.25) is 0 Å². The van der Waals surface area contributed by atoms with Crippen LogP contribution in [0.25, 0.3) is 10.9 Å². The summed E-state index contributed by atoms with van der Waals surface area (Å²) < 4.78 is 12.8. The summed E-state index contributed by atoms with van der Waals surface area (Å²) >= 11 is 0. The van der Waals surface area contributed by atoms with Crippen LogP contribution in [-0.4, -0.2) is 17.4 Å². The van der Waals surface area contributed by atoms with E-state index in [0.29, 0.717) is 18.5 Å². The lowest BCUT2D eigenvalue weighted by Crippen LogP contribution is -2.25. The van der Waals surface area contributed by atoms with E-state index in [-0.39, 0.29) is 11.7 Å². The SMILES string of the molecule is O=C(NCCc1ccc(F)cc1)c1c[nH]c2ccccc12. The molecule has 0 aliphatic carbocycles. The van der Waals surface area contributed by atoms with Crippen molar-refractivity contribution >= 4 is 16.8 Å². The van der Waals surface area contributed by atoms with E-state index in [0.717, 1.165) is 16.5 Å². The Labute approximate surface area is 121 Å². The highest BCUT2D eigenvalue weighted by Gasteiger charge is 2.10. The summed E-state index contributed by atoms with van der Waals surface area (Å²) in [6.07, 6.45) is 2.40. The van der Waals surface area contributed by atoms with Gasteiger partial charge in [0, 0.05) is 23.6 Å². The van der Waals surface area contributed by atoms with Gasteiger partial charge >= 0.3 is 0 Å². The average molecular weight is 282 g/mol. The summed E-state index contributed by atoms with van der Waals surface area (Å²) in [6.45, 7) is 0.518. The first kappa shape index (κ1) is 13.4. The standard InChI is InChI=1S/C17H15FN2O/c18-13-7-5-12(6-8-13)9-10-19-17(21)15-11-20-16-4-2-1-3-14(15)16/h1-8,11,20H,9-10H2,(H,19,21). The lowest BCUT2D eigenvalue weighted by molar-refractivity contribution is 0.0956. The van der Waals surface area contributed by atoms with Gasteiger partial charge in [0.15, 0.2) is 0 Å². The zero-order valence-electron chi connectivity index (χ0n) is 11.4. The van der Waals surface area contributed by atoms with Gasteiger partial charge in [0.25, 0.3) is 5.91 Å². The highest BCUT2D eigenvalue weighted by molar-refractivity contribution is 6.06. The number of H-pyrrole nitrogens is 1. The predicted molar refractivity (Wildman–Crippen MR) is 80.7 cm³/mol. The molecule has 0 radical (unpaired) electrons. The van der Waals surface area contributed by atoms with Crippen molar-refractivity contribution in [2.75, 3.05) is 6.54 Å². The molecular formula is C17H15FN2O. The average Bonchev–Trinajstić information content (AvgIpc) is 2.93. The monoisotopic (exact) mass is 282 g/mol. The molecule has 0 saturated carbocycles. The van der Waals surface area contributed by atoms with E-state index in [1.807, 2.05) is 24.3 Å². The Hall–Kier alpha value is -2.62. The maximum Gasteiger partial charge on any atom is 0.253 e. The highest BCUT2D eigenvalue weighted by Crippen LogP contribution is 2.17. The number of aromatic nitrogens is 1. The van der Waals surface area contributed by atoms with Crippen molar-refractivity contribution in [1.82, 2.24) is 10.3 Å². The molecular weight excluding hydrogens is 267 g/mol. The van der Waals surface area contributed by atoms with Crippen LogP contribution in [0, 0.1) is 5.82 Å². The summed E-state index contributed by atoms with van der Waals surface area (Å²) in [6, 6.07) is 14.0. The Morgan fingerprint density at radius 2 is 1.86 bits per heavy atom. The number of rotatable bonds is 4. The summed E-state index contributed by atoms with van der Waals surface area (Å²) in [5, 5.41) is 3.80. The molecule has 1 amide bonds. The first-order valence-electron chi connectivity index (χ1n) is 6.83. The van der Waals surface area contributed by atoms with Gasteiger partial charge in [-0.15, -0.1) is 0 Å². The van der Waals surface area contributed by atoms with E-state index < -0.39 is 0 Å². The Balaban J connectivity index is 1.63. The number of hydrogen-bond donors (Lipinski definition) is 2. The molecule has 3 nitrogen and oxygen atoms in total. The summed E-state index contributed by atoms with van der Waals surface area (Å²) in [4.78, 5) is 15.3. The lowest BCUT2D eigenvalue weighted by Gasteiger charge is -2.04. The quantitative estimate of drug-likeness (QED) is 0.758. The molecule has 1 aromatic heterocycles. The number of aromatic amines is 1. The number of fused-ring (bicyclic) bond motifs is 1. The molecule has 0 bridgehead atoms. The lowest BCUT2D eigenvalue weighted by atomic mass is 10.1. The zero-order valence-corrected chi connectivity index (χ0v) is 11.4. The molecule has 0 atom stereocenters. The fourth-order valence-electron chi connectivity index (χ4n) is 2.33. The molecule has 4 heteroatoms. The molecule has 2 aromatic carbocycles. The number of nitrogens with one attached hydrogen (secondary N) is 2. The molecule has 3 aromatic rings. The van der Waals surface area contributed by atoms with Crippen molar-refractivity contribution in [2.45, 2.75) is 6.42 Å². The minimum absolute atomic E-state index is 0.102. The van der Waals surface area contributed by atoms with Crippen LogP contribution < -0.4 is 5.32 Å². The Morgan fingerprint density at radius 1 is 1.10 bits per heavy atom. The van der Waals surface area contributed by atoms with Crippen LogP contribution in [-0.2, 0) is 6.42 Å². The smallest absolute Gasteiger partial charge is 0.253 e. The van der Waals surface area contributed by atoms with Gasteiger partial charge in [0.1, 0.15) is 5.82 Å². The van der Waals surface area contributed by atoms with Gasteiger partial charge in [-0.3, -0.25) is 4.79 Å². The number of halogens is 1. The molecule has 21 heavy (non-hydrogen) atoms. The Bertz CT molecular complexity index is 762. The summed E-state index contributed by atoms with van der Waals surface area (Å²) in [7, 11) is 0. The van der Waals surface area contributed by atoms with E-state index in [1.165, 1.54) is 12.1 Å². The molecule has 0 aliphatic heterocycles. The van der Waals surface area contributed by atoms with Crippen LogP contribution >= 0.6 is 0 Å². The molecule has 1 heterocycles. The van der Waals surface area contributed by atoms with Crippen LogP contribution in [0.3, 0.4) is 0 Å². The maximum atomic E-state index is 12.8. The maximum absolute atomic E-state index is 12.8. The third kappa shape index (κ3) is 2.94. The number of carbonyl (C=O) groups excluding carboxylic acids is 1. The van der Waals surface area contributed by atoms with E-state index in [2.05, 4.69) is 10.3 Å². The number of benzene rings is 2. The Kier molecular flexibility index (Phi) is 3.69. The first-order valence-corrected chi connectivity index (χ1v) is 6.83. The number of amides is 1. The second-order valence-corrected chi connectivity index (χ2v) is 4.88.